The molecular weight excluding hydrogens is 166 g/mol. The normalized spacial score (nSPS) is 15.8. The van der Waals surface area contributed by atoms with Gasteiger partial charge in [-0.15, -0.1) is 0 Å². The number of amides is 1. The van der Waals surface area contributed by atoms with E-state index in [1.165, 1.54) is 12.8 Å². The van der Waals surface area contributed by atoms with Crippen LogP contribution in [0.5, 0.6) is 0 Å². The van der Waals surface area contributed by atoms with Crippen LogP contribution in [0.15, 0.2) is 16.7 Å². The fourth-order valence-corrected chi connectivity index (χ4v) is 1.27. The van der Waals surface area contributed by atoms with Crippen LogP contribution in [0.25, 0.3) is 0 Å². The minimum Gasteiger partial charge on any atom is -0.469 e. The highest BCUT2D eigenvalue weighted by Crippen LogP contribution is 2.27. The summed E-state index contributed by atoms with van der Waals surface area (Å²) in [6.07, 6.45) is 4.05. The number of furan rings is 1. The largest absolute Gasteiger partial charge is 0.469 e. The quantitative estimate of drug-likeness (QED) is 0.767. The molecule has 1 N–H and O–H groups in total. The second kappa shape index (κ2) is 3.24. The molecular formula is C10H13NO2. The Morgan fingerprint density at radius 3 is 3.00 bits per heavy atom. The Hall–Kier alpha value is -1.25. The molecule has 0 aromatic carbocycles. The van der Waals surface area contributed by atoms with Crippen molar-refractivity contribution in [3.8, 4) is 0 Å². The van der Waals surface area contributed by atoms with E-state index in [0.717, 1.165) is 12.5 Å². The van der Waals surface area contributed by atoms with Gasteiger partial charge >= 0.3 is 0 Å². The van der Waals surface area contributed by atoms with Crippen LogP contribution in [-0.2, 0) is 0 Å². The molecule has 0 atom stereocenters. The summed E-state index contributed by atoms with van der Waals surface area (Å²) in [5.41, 5.74) is 0.653. The Balaban J connectivity index is 1.92. The predicted octanol–water partition coefficient (Wildman–Crippen LogP) is 1.73. The highest BCUT2D eigenvalue weighted by Gasteiger charge is 2.22. The van der Waals surface area contributed by atoms with E-state index in [2.05, 4.69) is 5.32 Å². The average Bonchev–Trinajstić information content (AvgIpc) is 2.84. The van der Waals surface area contributed by atoms with Crippen LogP contribution >= 0.6 is 0 Å². The molecule has 1 aliphatic carbocycles. The summed E-state index contributed by atoms with van der Waals surface area (Å²) in [5, 5.41) is 2.89. The van der Waals surface area contributed by atoms with E-state index >= 15 is 0 Å². The molecule has 0 aliphatic heterocycles. The third-order valence-corrected chi connectivity index (χ3v) is 2.35. The number of nitrogens with one attached hydrogen (secondary N) is 1. The van der Waals surface area contributed by atoms with Crippen molar-refractivity contribution in [2.45, 2.75) is 19.8 Å². The molecule has 13 heavy (non-hydrogen) atoms. The van der Waals surface area contributed by atoms with Crippen LogP contribution in [0.1, 0.15) is 29.0 Å². The Kier molecular flexibility index (Phi) is 2.08. The topological polar surface area (TPSA) is 42.2 Å². The molecule has 0 saturated heterocycles. The van der Waals surface area contributed by atoms with Crippen LogP contribution in [0.3, 0.4) is 0 Å². The minimum atomic E-state index is -0.0156. The summed E-state index contributed by atoms with van der Waals surface area (Å²) in [5.74, 6) is 1.39. The van der Waals surface area contributed by atoms with Crippen molar-refractivity contribution < 1.29 is 9.21 Å². The molecule has 70 valence electrons. The molecule has 1 heterocycles. The van der Waals surface area contributed by atoms with E-state index in [1.807, 2.05) is 0 Å². The van der Waals surface area contributed by atoms with E-state index in [1.54, 1.807) is 19.3 Å². The van der Waals surface area contributed by atoms with Crippen molar-refractivity contribution >= 4 is 5.91 Å². The Morgan fingerprint density at radius 2 is 2.46 bits per heavy atom. The fourth-order valence-electron chi connectivity index (χ4n) is 1.27. The molecule has 0 spiro atoms. The van der Waals surface area contributed by atoms with Gasteiger partial charge in [0, 0.05) is 6.54 Å². The molecule has 2 rings (SSSR count). The molecule has 0 radical (unpaired) electrons. The van der Waals surface area contributed by atoms with Gasteiger partial charge < -0.3 is 9.73 Å². The van der Waals surface area contributed by atoms with Crippen molar-refractivity contribution in [2.75, 3.05) is 6.54 Å². The van der Waals surface area contributed by atoms with E-state index in [4.69, 9.17) is 4.42 Å². The van der Waals surface area contributed by atoms with Crippen LogP contribution < -0.4 is 5.32 Å². The fraction of sp³-hybridized carbons (Fsp3) is 0.500. The van der Waals surface area contributed by atoms with Gasteiger partial charge in [-0.05, 0) is 31.7 Å². The Bertz CT molecular complexity index is 312. The summed E-state index contributed by atoms with van der Waals surface area (Å²) in [7, 11) is 0. The van der Waals surface area contributed by atoms with Crippen molar-refractivity contribution in [1.29, 1.82) is 0 Å². The van der Waals surface area contributed by atoms with Gasteiger partial charge in [-0.25, -0.2) is 0 Å². The molecule has 0 unspecified atom stereocenters. The molecule has 1 fully saturated rings. The summed E-state index contributed by atoms with van der Waals surface area (Å²) < 4.78 is 5.05. The van der Waals surface area contributed by atoms with E-state index in [9.17, 15) is 4.79 Å². The Morgan fingerprint density at radius 1 is 1.69 bits per heavy atom. The van der Waals surface area contributed by atoms with Gasteiger partial charge in [-0.2, -0.15) is 0 Å². The maximum absolute atomic E-state index is 11.5. The second-order valence-corrected chi connectivity index (χ2v) is 3.54. The van der Waals surface area contributed by atoms with Crippen LogP contribution in [0.2, 0.25) is 0 Å². The molecule has 1 saturated carbocycles. The zero-order valence-corrected chi connectivity index (χ0v) is 7.67. The maximum Gasteiger partial charge on any atom is 0.254 e. The summed E-state index contributed by atoms with van der Waals surface area (Å²) >= 11 is 0. The number of hydrogen-bond donors (Lipinski definition) is 1. The number of aryl methyl sites for hydroxylation is 1. The highest BCUT2D eigenvalue weighted by atomic mass is 16.3. The zero-order chi connectivity index (χ0) is 9.26. The lowest BCUT2D eigenvalue weighted by Gasteiger charge is -2.01. The lowest BCUT2D eigenvalue weighted by molar-refractivity contribution is 0.0950. The van der Waals surface area contributed by atoms with Crippen LogP contribution in [-0.4, -0.2) is 12.5 Å². The molecule has 3 heteroatoms. The van der Waals surface area contributed by atoms with E-state index in [-0.39, 0.29) is 5.91 Å². The number of rotatable bonds is 3. The van der Waals surface area contributed by atoms with Crippen molar-refractivity contribution in [2.24, 2.45) is 5.92 Å². The number of hydrogen-bond acceptors (Lipinski definition) is 2. The molecule has 1 aliphatic rings. The first-order chi connectivity index (χ1) is 6.27. The third kappa shape index (κ3) is 1.91. The predicted molar refractivity (Wildman–Crippen MR) is 48.5 cm³/mol. The summed E-state index contributed by atoms with van der Waals surface area (Å²) in [6.45, 7) is 2.61. The first kappa shape index (κ1) is 8.35. The van der Waals surface area contributed by atoms with Gasteiger partial charge in [0.15, 0.2) is 0 Å². The molecule has 0 bridgehead atoms. The van der Waals surface area contributed by atoms with Gasteiger partial charge in [0.1, 0.15) is 5.76 Å². The molecule has 1 amide bonds. The first-order valence-corrected chi connectivity index (χ1v) is 4.59. The van der Waals surface area contributed by atoms with Crippen molar-refractivity contribution in [3.05, 3.63) is 23.7 Å². The van der Waals surface area contributed by atoms with Crippen molar-refractivity contribution in [3.63, 3.8) is 0 Å². The SMILES string of the molecule is Cc1occc1C(=O)NCC1CC1. The zero-order valence-electron chi connectivity index (χ0n) is 7.67. The van der Waals surface area contributed by atoms with Gasteiger partial charge in [0.25, 0.3) is 5.91 Å². The lowest BCUT2D eigenvalue weighted by atomic mass is 10.2. The second-order valence-electron chi connectivity index (χ2n) is 3.54. The Labute approximate surface area is 77.1 Å². The minimum absolute atomic E-state index is 0.0156. The van der Waals surface area contributed by atoms with Crippen LogP contribution in [0.4, 0.5) is 0 Å². The molecule has 1 aromatic rings. The maximum atomic E-state index is 11.5. The monoisotopic (exact) mass is 179 g/mol. The average molecular weight is 179 g/mol. The van der Waals surface area contributed by atoms with Gasteiger partial charge in [-0.3, -0.25) is 4.79 Å². The van der Waals surface area contributed by atoms with Crippen molar-refractivity contribution in [1.82, 2.24) is 5.32 Å². The molecule has 3 nitrogen and oxygen atoms in total. The van der Waals surface area contributed by atoms with E-state index in [0.29, 0.717) is 11.3 Å². The first-order valence-electron chi connectivity index (χ1n) is 4.59. The van der Waals surface area contributed by atoms with Gasteiger partial charge in [0.05, 0.1) is 11.8 Å². The summed E-state index contributed by atoms with van der Waals surface area (Å²) in [4.78, 5) is 11.5. The van der Waals surface area contributed by atoms with Crippen LogP contribution in [0, 0.1) is 12.8 Å². The van der Waals surface area contributed by atoms with Gasteiger partial charge in [0.2, 0.25) is 0 Å². The third-order valence-electron chi connectivity index (χ3n) is 2.35. The van der Waals surface area contributed by atoms with E-state index < -0.39 is 0 Å². The smallest absolute Gasteiger partial charge is 0.254 e. The number of carbonyl (C=O) groups is 1. The molecule has 1 aromatic heterocycles. The van der Waals surface area contributed by atoms with Gasteiger partial charge in [-0.1, -0.05) is 0 Å². The lowest BCUT2D eigenvalue weighted by Crippen LogP contribution is -2.25. The number of carbonyl (C=O) groups excluding carboxylic acids is 1. The summed E-state index contributed by atoms with van der Waals surface area (Å²) in [6, 6.07) is 1.71. The highest BCUT2D eigenvalue weighted by molar-refractivity contribution is 5.95. The standard InChI is InChI=1S/C10H13NO2/c1-7-9(4-5-13-7)10(12)11-6-8-2-3-8/h4-5,8H,2-3,6H2,1H3,(H,11,12).